The number of methoxy groups -OCH3 is 2. The second kappa shape index (κ2) is 7.39. The summed E-state index contributed by atoms with van der Waals surface area (Å²) in [6, 6.07) is 3.89. The average Bonchev–Trinajstić information content (AvgIpc) is 2.46. The van der Waals surface area contributed by atoms with Gasteiger partial charge in [-0.1, -0.05) is 0 Å². The van der Waals surface area contributed by atoms with Crippen LogP contribution >= 0.6 is 15.9 Å². The fraction of sp³-hybridized carbons (Fsp3) is 0.167. The fourth-order valence-electron chi connectivity index (χ4n) is 1.30. The summed E-state index contributed by atoms with van der Waals surface area (Å²) in [5.74, 6) is -1.54. The van der Waals surface area contributed by atoms with Gasteiger partial charge in [-0.3, -0.25) is 10.1 Å². The van der Waals surface area contributed by atoms with E-state index in [4.69, 9.17) is 0 Å². The van der Waals surface area contributed by atoms with E-state index >= 15 is 0 Å². The van der Waals surface area contributed by atoms with Gasteiger partial charge in [0, 0.05) is 16.6 Å². The first-order valence-corrected chi connectivity index (χ1v) is 6.27. The van der Waals surface area contributed by atoms with Crippen molar-refractivity contribution in [2.75, 3.05) is 19.5 Å². The zero-order chi connectivity index (χ0) is 16.0. The van der Waals surface area contributed by atoms with Gasteiger partial charge in [0.1, 0.15) is 5.70 Å². The number of anilines is 1. The number of nitro groups is 1. The van der Waals surface area contributed by atoms with Crippen molar-refractivity contribution in [2.45, 2.75) is 0 Å². The molecule has 0 aliphatic carbocycles. The Kier molecular flexibility index (Phi) is 5.85. The summed E-state index contributed by atoms with van der Waals surface area (Å²) >= 11 is 3.14. The molecule has 8 nitrogen and oxygen atoms in total. The molecule has 1 N–H and O–H groups in total. The van der Waals surface area contributed by atoms with E-state index in [0.717, 1.165) is 20.3 Å². The predicted octanol–water partition coefficient (Wildman–Crippen LogP) is 2.00. The molecule has 0 saturated heterocycles. The van der Waals surface area contributed by atoms with Crippen molar-refractivity contribution in [3.8, 4) is 0 Å². The zero-order valence-corrected chi connectivity index (χ0v) is 12.7. The topological polar surface area (TPSA) is 108 Å². The smallest absolute Gasteiger partial charge is 0.354 e. The highest BCUT2D eigenvalue weighted by Crippen LogP contribution is 2.28. The van der Waals surface area contributed by atoms with E-state index in [2.05, 4.69) is 30.7 Å². The quantitative estimate of drug-likeness (QED) is 0.371. The molecule has 21 heavy (non-hydrogen) atoms. The van der Waals surface area contributed by atoms with Crippen LogP contribution in [0.1, 0.15) is 0 Å². The van der Waals surface area contributed by atoms with Gasteiger partial charge in [-0.2, -0.15) is 0 Å². The second-order valence-electron chi connectivity index (χ2n) is 3.62. The second-order valence-corrected chi connectivity index (χ2v) is 4.47. The van der Waals surface area contributed by atoms with Crippen molar-refractivity contribution in [2.24, 2.45) is 0 Å². The fourth-order valence-corrected chi connectivity index (χ4v) is 1.76. The molecule has 1 aromatic carbocycles. The van der Waals surface area contributed by atoms with Crippen LogP contribution < -0.4 is 5.32 Å². The van der Waals surface area contributed by atoms with Gasteiger partial charge in [0.05, 0.1) is 30.9 Å². The van der Waals surface area contributed by atoms with Gasteiger partial charge in [0.25, 0.3) is 5.69 Å². The number of hydrogen-bond donors (Lipinski definition) is 1. The van der Waals surface area contributed by atoms with E-state index < -0.39 is 16.9 Å². The number of ether oxygens (including phenoxy) is 2. The van der Waals surface area contributed by atoms with Crippen molar-refractivity contribution < 1.29 is 24.0 Å². The van der Waals surface area contributed by atoms with Crippen LogP contribution in [-0.4, -0.2) is 31.1 Å². The van der Waals surface area contributed by atoms with Gasteiger partial charge in [-0.25, -0.2) is 9.59 Å². The van der Waals surface area contributed by atoms with E-state index in [1.54, 1.807) is 0 Å². The van der Waals surface area contributed by atoms with E-state index in [-0.39, 0.29) is 11.4 Å². The largest absolute Gasteiger partial charge is 0.466 e. The van der Waals surface area contributed by atoms with Crippen molar-refractivity contribution in [3.63, 3.8) is 0 Å². The molecule has 1 rings (SSSR count). The maximum Gasteiger partial charge on any atom is 0.354 e. The molecule has 0 spiro atoms. The van der Waals surface area contributed by atoms with Crippen LogP contribution in [0, 0.1) is 10.1 Å². The normalized spacial score (nSPS) is 10.7. The van der Waals surface area contributed by atoms with Gasteiger partial charge in [0.15, 0.2) is 0 Å². The molecule has 0 heterocycles. The SMILES string of the molecule is COC(=O)/C=C(\Nc1ccc([N+](=O)[O-])cc1Br)C(=O)OC. The minimum Gasteiger partial charge on any atom is -0.466 e. The number of rotatable bonds is 5. The predicted molar refractivity (Wildman–Crippen MR) is 76.5 cm³/mol. The number of carbonyl (C=O) groups is 2. The summed E-state index contributed by atoms with van der Waals surface area (Å²) in [5.41, 5.74) is 0.0593. The molecule has 0 radical (unpaired) electrons. The standard InChI is InChI=1S/C12H11BrN2O6/c1-20-11(16)6-10(12(17)21-2)14-9-4-3-7(15(18)19)5-8(9)13/h3-6,14H,1-2H3/b10-6-. The molecule has 0 amide bonds. The first-order valence-electron chi connectivity index (χ1n) is 5.48. The number of carbonyl (C=O) groups excluding carboxylic acids is 2. The number of esters is 2. The van der Waals surface area contributed by atoms with E-state index in [1.807, 2.05) is 0 Å². The molecule has 9 heteroatoms. The van der Waals surface area contributed by atoms with Crippen LogP contribution in [0.25, 0.3) is 0 Å². The highest BCUT2D eigenvalue weighted by Gasteiger charge is 2.15. The third-order valence-corrected chi connectivity index (χ3v) is 2.96. The van der Waals surface area contributed by atoms with Gasteiger partial charge < -0.3 is 14.8 Å². The Hall–Kier alpha value is -2.42. The highest BCUT2D eigenvalue weighted by atomic mass is 79.9. The number of nitrogens with zero attached hydrogens (tertiary/aromatic N) is 1. The molecule has 112 valence electrons. The summed E-state index contributed by atoms with van der Waals surface area (Å²) < 4.78 is 9.30. The number of hydrogen-bond acceptors (Lipinski definition) is 7. The number of benzene rings is 1. The highest BCUT2D eigenvalue weighted by molar-refractivity contribution is 9.10. The molecule has 0 atom stereocenters. The maximum absolute atomic E-state index is 11.6. The molecule has 1 aromatic rings. The monoisotopic (exact) mass is 358 g/mol. The molecule has 0 bridgehead atoms. The Balaban J connectivity index is 3.10. The van der Waals surface area contributed by atoms with Gasteiger partial charge in [-0.15, -0.1) is 0 Å². The van der Waals surface area contributed by atoms with E-state index in [0.29, 0.717) is 10.2 Å². The van der Waals surface area contributed by atoms with Crippen molar-refractivity contribution in [1.29, 1.82) is 0 Å². The third kappa shape index (κ3) is 4.56. The average molecular weight is 359 g/mol. The lowest BCUT2D eigenvalue weighted by Crippen LogP contribution is -2.15. The van der Waals surface area contributed by atoms with Crippen LogP contribution in [0.4, 0.5) is 11.4 Å². The van der Waals surface area contributed by atoms with Crippen LogP contribution in [0.15, 0.2) is 34.4 Å². The Bertz CT molecular complexity index is 614. The molecule has 0 unspecified atom stereocenters. The van der Waals surface area contributed by atoms with Gasteiger partial charge in [0.2, 0.25) is 0 Å². The summed E-state index contributed by atoms with van der Waals surface area (Å²) in [7, 11) is 2.32. The molecule has 0 aliphatic rings. The van der Waals surface area contributed by atoms with E-state index in [1.165, 1.54) is 18.2 Å². The molecular weight excluding hydrogens is 348 g/mol. The Labute approximate surface area is 128 Å². The minimum absolute atomic E-state index is 0.121. The summed E-state index contributed by atoms with van der Waals surface area (Å²) in [5, 5.41) is 13.3. The van der Waals surface area contributed by atoms with Crippen LogP contribution in [-0.2, 0) is 19.1 Å². The lowest BCUT2D eigenvalue weighted by atomic mass is 10.2. The summed E-state index contributed by atoms with van der Waals surface area (Å²) in [6.45, 7) is 0. The number of nitrogens with one attached hydrogen (secondary N) is 1. The van der Waals surface area contributed by atoms with Crippen LogP contribution in [0.5, 0.6) is 0 Å². The van der Waals surface area contributed by atoms with Crippen molar-refractivity contribution in [1.82, 2.24) is 0 Å². The number of halogens is 1. The maximum atomic E-state index is 11.6. The van der Waals surface area contributed by atoms with Gasteiger partial charge in [-0.05, 0) is 22.0 Å². The zero-order valence-electron chi connectivity index (χ0n) is 11.1. The minimum atomic E-state index is -0.786. The lowest BCUT2D eigenvalue weighted by molar-refractivity contribution is -0.384. The molecule has 0 aromatic heterocycles. The first kappa shape index (κ1) is 16.6. The lowest BCUT2D eigenvalue weighted by Gasteiger charge is -2.10. The van der Waals surface area contributed by atoms with Crippen LogP contribution in [0.2, 0.25) is 0 Å². The molecule has 0 saturated carbocycles. The number of non-ortho nitro benzene ring substituents is 1. The Morgan fingerprint density at radius 2 is 2.00 bits per heavy atom. The Morgan fingerprint density at radius 3 is 2.48 bits per heavy atom. The van der Waals surface area contributed by atoms with Crippen molar-refractivity contribution >= 4 is 39.2 Å². The molecular formula is C12H11BrN2O6. The Morgan fingerprint density at radius 1 is 1.33 bits per heavy atom. The number of nitro benzene ring substituents is 1. The van der Waals surface area contributed by atoms with Crippen LogP contribution in [0.3, 0.4) is 0 Å². The van der Waals surface area contributed by atoms with Crippen molar-refractivity contribution in [3.05, 3.63) is 44.6 Å². The summed E-state index contributed by atoms with van der Waals surface area (Å²) in [6.07, 6.45) is 0.916. The van der Waals surface area contributed by atoms with E-state index in [9.17, 15) is 19.7 Å². The third-order valence-electron chi connectivity index (χ3n) is 2.30. The first-order chi connectivity index (χ1) is 9.88. The van der Waals surface area contributed by atoms with Gasteiger partial charge >= 0.3 is 11.9 Å². The molecule has 0 aliphatic heterocycles. The summed E-state index contributed by atoms with van der Waals surface area (Å²) in [4.78, 5) is 32.9. The molecule has 0 fully saturated rings.